The van der Waals surface area contributed by atoms with E-state index in [4.69, 9.17) is 10.6 Å². The van der Waals surface area contributed by atoms with E-state index in [1.807, 2.05) is 0 Å². The van der Waals surface area contributed by atoms with Gasteiger partial charge in [0.05, 0.1) is 12.2 Å². The number of phenols is 1. The number of aromatic hydroxyl groups is 1. The Hall–Kier alpha value is -2.69. The van der Waals surface area contributed by atoms with Crippen molar-refractivity contribution >= 4 is 17.9 Å². The Bertz CT molecular complexity index is 647. The third-order valence-corrected chi connectivity index (χ3v) is 3.13. The van der Waals surface area contributed by atoms with Crippen LogP contribution >= 0.6 is 0 Å². The van der Waals surface area contributed by atoms with Crippen molar-refractivity contribution < 1.29 is 35.1 Å². The molecule has 0 aliphatic rings. The Balaban J connectivity index is 2.91. The quantitative estimate of drug-likeness (QED) is 0.146. The third-order valence-electron chi connectivity index (χ3n) is 3.13. The van der Waals surface area contributed by atoms with E-state index >= 15 is 0 Å². The van der Waals surface area contributed by atoms with Crippen LogP contribution in [0, 0.1) is 0 Å². The lowest BCUT2D eigenvalue weighted by Crippen LogP contribution is -2.53. The highest BCUT2D eigenvalue weighted by atomic mass is 16.4. The topological polar surface area (TPSA) is 196 Å². The molecule has 11 heteroatoms. The lowest BCUT2D eigenvalue weighted by atomic mass is 10.0. The van der Waals surface area contributed by atoms with Crippen LogP contribution in [0.2, 0.25) is 0 Å². The van der Waals surface area contributed by atoms with Gasteiger partial charge in [0.1, 0.15) is 36.4 Å². The Morgan fingerprint density at radius 3 is 2.50 bits per heavy atom. The van der Waals surface area contributed by atoms with Crippen molar-refractivity contribution in [3.8, 4) is 5.75 Å². The van der Waals surface area contributed by atoms with Gasteiger partial charge < -0.3 is 35.6 Å². The van der Waals surface area contributed by atoms with Gasteiger partial charge in [-0.25, -0.2) is 0 Å². The van der Waals surface area contributed by atoms with Crippen LogP contribution in [-0.2, 0) is 4.79 Å². The molecule has 0 saturated carbocycles. The van der Waals surface area contributed by atoms with Crippen LogP contribution in [0.25, 0.3) is 10.4 Å². The van der Waals surface area contributed by atoms with Gasteiger partial charge in [0, 0.05) is 10.6 Å². The van der Waals surface area contributed by atoms with E-state index in [1.165, 1.54) is 6.07 Å². The van der Waals surface area contributed by atoms with Crippen LogP contribution in [0.15, 0.2) is 23.3 Å². The van der Waals surface area contributed by atoms with Crippen LogP contribution in [0.4, 0.5) is 5.69 Å². The van der Waals surface area contributed by atoms with Gasteiger partial charge in [-0.1, -0.05) is 11.2 Å². The molecule has 1 aromatic rings. The van der Waals surface area contributed by atoms with Crippen LogP contribution in [0.1, 0.15) is 10.4 Å². The predicted octanol–water partition coefficient (Wildman–Crippen LogP) is -1.29. The highest BCUT2D eigenvalue weighted by molar-refractivity contribution is 5.98. The molecule has 130 valence electrons. The number of hydrogen-bond donors (Lipinski definition) is 6. The summed E-state index contributed by atoms with van der Waals surface area (Å²) in [6.07, 6.45) is -5.36. The fourth-order valence-electron chi connectivity index (χ4n) is 1.80. The van der Waals surface area contributed by atoms with Gasteiger partial charge in [0.25, 0.3) is 5.91 Å². The smallest absolute Gasteiger partial charge is 0.255 e. The maximum atomic E-state index is 12.0. The molecule has 0 heterocycles. The number of amides is 1. The van der Waals surface area contributed by atoms with E-state index in [1.54, 1.807) is 0 Å². The number of carbonyl (C=O) groups excluding carboxylic acids is 2. The average molecular weight is 340 g/mol. The molecule has 0 saturated heterocycles. The number of hydrogen-bond acceptors (Lipinski definition) is 8. The maximum Gasteiger partial charge on any atom is 0.255 e. The van der Waals surface area contributed by atoms with Gasteiger partial charge in [-0.15, -0.1) is 0 Å². The van der Waals surface area contributed by atoms with Gasteiger partial charge in [-0.3, -0.25) is 4.79 Å². The predicted molar refractivity (Wildman–Crippen MR) is 79.3 cm³/mol. The molecule has 4 atom stereocenters. The molecule has 1 amide bonds. The molecule has 0 aliphatic carbocycles. The minimum atomic E-state index is -1.89. The number of aliphatic hydroxyl groups is 4. The van der Waals surface area contributed by atoms with Crippen molar-refractivity contribution in [1.29, 1.82) is 0 Å². The number of azide groups is 1. The molecular formula is C13H16N4O7. The lowest BCUT2D eigenvalue weighted by molar-refractivity contribution is -0.119. The highest BCUT2D eigenvalue weighted by Gasteiger charge is 2.32. The maximum absolute atomic E-state index is 12.0. The molecule has 24 heavy (non-hydrogen) atoms. The summed E-state index contributed by atoms with van der Waals surface area (Å²) in [5.74, 6) is -1.49. The zero-order valence-electron chi connectivity index (χ0n) is 12.2. The second-order valence-electron chi connectivity index (χ2n) is 4.76. The summed E-state index contributed by atoms with van der Waals surface area (Å²) in [5.41, 5.74) is 8.07. The standard InChI is InChI=1S/C13H16N4O7/c14-17-16-6-1-2-7(9(20)3-6)13(24)15-8(4-18)11(22)12(23)10(21)5-19/h1-4,8,10-12,19-23H,5H2,(H,15,24)/t8-,10+,11+,12-/m0/s1. The number of nitrogens with one attached hydrogen (secondary N) is 1. The minimum Gasteiger partial charge on any atom is -0.507 e. The molecule has 11 nitrogen and oxygen atoms in total. The van der Waals surface area contributed by atoms with E-state index in [2.05, 4.69) is 15.3 Å². The zero-order chi connectivity index (χ0) is 18.3. The molecule has 0 aromatic heterocycles. The van der Waals surface area contributed by atoms with Crippen LogP contribution in [0.3, 0.4) is 0 Å². The SMILES string of the molecule is [N-]=[N+]=Nc1ccc(C(=O)N[C@@H](C=O)[C@@H](O)[C@@H](O)[C@H](O)CO)c(O)c1. The molecule has 6 N–H and O–H groups in total. The highest BCUT2D eigenvalue weighted by Crippen LogP contribution is 2.24. The number of carbonyl (C=O) groups is 2. The van der Waals surface area contributed by atoms with E-state index < -0.39 is 42.6 Å². The lowest BCUT2D eigenvalue weighted by Gasteiger charge is -2.26. The molecule has 0 spiro atoms. The normalized spacial score (nSPS) is 15.5. The van der Waals surface area contributed by atoms with Crippen LogP contribution in [-0.4, -0.2) is 68.7 Å². The second kappa shape index (κ2) is 8.82. The summed E-state index contributed by atoms with van der Waals surface area (Å²) in [7, 11) is 0. The molecule has 1 rings (SSSR count). The Labute approximate surface area is 135 Å². The fourth-order valence-corrected chi connectivity index (χ4v) is 1.80. The monoisotopic (exact) mass is 340 g/mol. The zero-order valence-corrected chi connectivity index (χ0v) is 12.2. The average Bonchev–Trinajstić information content (AvgIpc) is 2.57. The van der Waals surface area contributed by atoms with E-state index in [0.29, 0.717) is 0 Å². The van der Waals surface area contributed by atoms with Gasteiger partial charge >= 0.3 is 0 Å². The second-order valence-corrected chi connectivity index (χ2v) is 4.76. The summed E-state index contributed by atoms with van der Waals surface area (Å²) < 4.78 is 0. The first-order chi connectivity index (χ1) is 11.3. The molecular weight excluding hydrogens is 324 g/mol. The van der Waals surface area contributed by atoms with E-state index in [0.717, 1.165) is 12.1 Å². The number of aliphatic hydroxyl groups excluding tert-OH is 4. The first-order valence-corrected chi connectivity index (χ1v) is 6.65. The minimum absolute atomic E-state index is 0.0556. The van der Waals surface area contributed by atoms with Crippen molar-refractivity contribution in [2.45, 2.75) is 24.4 Å². The molecule has 0 unspecified atom stereocenters. The van der Waals surface area contributed by atoms with Gasteiger partial charge in [0.15, 0.2) is 0 Å². The van der Waals surface area contributed by atoms with Crippen molar-refractivity contribution in [2.75, 3.05) is 6.61 Å². The van der Waals surface area contributed by atoms with Crippen molar-refractivity contribution in [2.24, 2.45) is 5.11 Å². The molecule has 0 aliphatic heterocycles. The Morgan fingerprint density at radius 2 is 2.00 bits per heavy atom. The summed E-state index contributed by atoms with van der Waals surface area (Å²) >= 11 is 0. The van der Waals surface area contributed by atoms with Crippen molar-refractivity contribution in [3.63, 3.8) is 0 Å². The Kier molecular flexibility index (Phi) is 7.11. The number of nitrogens with zero attached hydrogens (tertiary/aromatic N) is 3. The number of rotatable bonds is 8. The van der Waals surface area contributed by atoms with E-state index in [-0.39, 0.29) is 17.5 Å². The first kappa shape index (κ1) is 19.4. The third kappa shape index (κ3) is 4.65. The summed E-state index contributed by atoms with van der Waals surface area (Å²) in [6.45, 7) is -0.862. The van der Waals surface area contributed by atoms with Gasteiger partial charge in [-0.05, 0) is 17.7 Å². The summed E-state index contributed by atoms with van der Waals surface area (Å²) in [6, 6.07) is 1.78. The number of phenolic OH excluding ortho intramolecular Hbond substituents is 1. The largest absolute Gasteiger partial charge is 0.507 e. The number of benzene rings is 1. The fraction of sp³-hybridized carbons (Fsp3) is 0.385. The van der Waals surface area contributed by atoms with Crippen LogP contribution < -0.4 is 5.32 Å². The van der Waals surface area contributed by atoms with Gasteiger partial charge in [0.2, 0.25) is 0 Å². The number of aldehydes is 1. The van der Waals surface area contributed by atoms with Crippen molar-refractivity contribution in [1.82, 2.24) is 5.32 Å². The van der Waals surface area contributed by atoms with Gasteiger partial charge in [-0.2, -0.15) is 0 Å². The molecule has 0 fully saturated rings. The molecule has 1 aromatic carbocycles. The van der Waals surface area contributed by atoms with Crippen LogP contribution in [0.5, 0.6) is 5.75 Å². The molecule has 0 radical (unpaired) electrons. The summed E-state index contributed by atoms with van der Waals surface area (Å²) in [4.78, 5) is 25.6. The molecule has 0 bridgehead atoms. The first-order valence-electron chi connectivity index (χ1n) is 6.65. The summed E-state index contributed by atoms with van der Waals surface area (Å²) in [5, 5.41) is 52.3. The Morgan fingerprint density at radius 1 is 1.33 bits per heavy atom. The van der Waals surface area contributed by atoms with Crippen molar-refractivity contribution in [3.05, 3.63) is 34.2 Å². The van der Waals surface area contributed by atoms with E-state index in [9.17, 15) is 30.0 Å².